The minimum absolute atomic E-state index is 0.110. The lowest BCUT2D eigenvalue weighted by atomic mass is 10.2. The zero-order valence-corrected chi connectivity index (χ0v) is 15.6. The maximum Gasteiger partial charge on any atom is 0.288 e. The lowest BCUT2D eigenvalue weighted by Gasteiger charge is -2.07. The second-order valence-corrected chi connectivity index (χ2v) is 6.68. The van der Waals surface area contributed by atoms with Gasteiger partial charge in [0.25, 0.3) is 5.69 Å². The first-order valence-corrected chi connectivity index (χ1v) is 9.11. The minimum atomic E-state index is -0.482. The summed E-state index contributed by atoms with van der Waals surface area (Å²) in [6, 6.07) is 22.8. The maximum atomic E-state index is 11.1. The van der Waals surface area contributed by atoms with Crippen LogP contribution in [0.4, 0.5) is 5.69 Å². The van der Waals surface area contributed by atoms with E-state index in [2.05, 4.69) is 16.7 Å². The van der Waals surface area contributed by atoms with Gasteiger partial charge in [-0.05, 0) is 29.8 Å². The van der Waals surface area contributed by atoms with E-state index in [1.165, 1.54) is 6.07 Å². The number of halogens is 1. The fourth-order valence-corrected chi connectivity index (χ4v) is 3.38. The molecule has 0 amide bonds. The number of nitro benzene ring substituents is 1. The van der Waals surface area contributed by atoms with Gasteiger partial charge >= 0.3 is 0 Å². The van der Waals surface area contributed by atoms with Gasteiger partial charge in [-0.1, -0.05) is 66.2 Å². The van der Waals surface area contributed by atoms with Gasteiger partial charge in [-0.2, -0.15) is 0 Å². The Morgan fingerprint density at radius 3 is 2.50 bits per heavy atom. The van der Waals surface area contributed by atoms with Gasteiger partial charge in [-0.25, -0.2) is 4.98 Å². The Labute approximate surface area is 166 Å². The molecule has 28 heavy (non-hydrogen) atoms. The molecule has 4 aromatic rings. The number of nitro groups is 1. The minimum Gasteiger partial charge on any atom is -0.320 e. The van der Waals surface area contributed by atoms with Crippen LogP contribution in [0.2, 0.25) is 5.02 Å². The summed E-state index contributed by atoms with van der Waals surface area (Å²) >= 11 is 6.20. The fraction of sp³-hybridized carbons (Fsp3) is 0.0455. The van der Waals surface area contributed by atoms with E-state index < -0.39 is 4.92 Å². The van der Waals surface area contributed by atoms with Gasteiger partial charge in [-0.15, -0.1) is 0 Å². The van der Waals surface area contributed by atoms with Crippen molar-refractivity contribution < 1.29 is 4.92 Å². The Hall–Kier alpha value is -3.44. The highest BCUT2D eigenvalue weighted by atomic mass is 35.5. The smallest absolute Gasteiger partial charge is 0.288 e. The maximum absolute atomic E-state index is 11.1. The zero-order chi connectivity index (χ0) is 19.5. The van der Waals surface area contributed by atoms with Crippen LogP contribution in [0.25, 0.3) is 23.2 Å². The number of aromatic nitrogens is 2. The number of benzene rings is 3. The molecule has 1 aromatic heterocycles. The van der Waals surface area contributed by atoms with Crippen LogP contribution in [-0.4, -0.2) is 14.5 Å². The Balaban J connectivity index is 1.77. The second-order valence-electron chi connectivity index (χ2n) is 6.30. The van der Waals surface area contributed by atoms with E-state index in [9.17, 15) is 10.1 Å². The SMILES string of the molecule is O=[N+]([O-])c1cccc(C=Cc2nc3ccccc3n2Cc2ccccc2)c1Cl. The molecule has 0 fully saturated rings. The fourth-order valence-electron chi connectivity index (χ4n) is 3.12. The lowest BCUT2D eigenvalue weighted by Crippen LogP contribution is -2.02. The highest BCUT2D eigenvalue weighted by Crippen LogP contribution is 2.29. The van der Waals surface area contributed by atoms with Gasteiger partial charge in [0.15, 0.2) is 0 Å². The first kappa shape index (κ1) is 17.9. The molecule has 0 atom stereocenters. The predicted octanol–water partition coefficient (Wildman–Crippen LogP) is 5.82. The number of para-hydroxylation sites is 2. The summed E-state index contributed by atoms with van der Waals surface area (Å²) in [5.74, 6) is 0.757. The van der Waals surface area contributed by atoms with Gasteiger partial charge in [-0.3, -0.25) is 10.1 Å². The lowest BCUT2D eigenvalue weighted by molar-refractivity contribution is -0.384. The third-order valence-electron chi connectivity index (χ3n) is 4.48. The van der Waals surface area contributed by atoms with Crippen LogP contribution in [0, 0.1) is 10.1 Å². The van der Waals surface area contributed by atoms with Crippen molar-refractivity contribution in [3.63, 3.8) is 0 Å². The summed E-state index contributed by atoms with van der Waals surface area (Å²) < 4.78 is 2.12. The van der Waals surface area contributed by atoms with E-state index in [4.69, 9.17) is 16.6 Å². The Morgan fingerprint density at radius 1 is 0.964 bits per heavy atom. The summed E-state index contributed by atoms with van der Waals surface area (Å²) in [4.78, 5) is 15.3. The molecule has 0 unspecified atom stereocenters. The van der Waals surface area contributed by atoms with E-state index in [0.717, 1.165) is 22.4 Å². The summed E-state index contributed by atoms with van der Waals surface area (Å²) in [5, 5.41) is 11.2. The van der Waals surface area contributed by atoms with Crippen LogP contribution in [0.3, 0.4) is 0 Å². The molecule has 0 bridgehead atoms. The molecule has 5 nitrogen and oxygen atoms in total. The third-order valence-corrected chi connectivity index (χ3v) is 4.90. The highest BCUT2D eigenvalue weighted by Gasteiger charge is 2.14. The molecule has 6 heteroatoms. The third kappa shape index (κ3) is 3.52. The Kier molecular flexibility index (Phi) is 4.91. The summed E-state index contributed by atoms with van der Waals surface area (Å²) in [7, 11) is 0. The molecular weight excluding hydrogens is 374 g/mol. The molecule has 0 radical (unpaired) electrons. The summed E-state index contributed by atoms with van der Waals surface area (Å²) in [6.07, 6.45) is 3.60. The molecule has 3 aromatic carbocycles. The van der Waals surface area contributed by atoms with Gasteiger partial charge in [0, 0.05) is 18.2 Å². The van der Waals surface area contributed by atoms with Crippen LogP contribution in [0.1, 0.15) is 17.0 Å². The van der Waals surface area contributed by atoms with Crippen molar-refractivity contribution in [1.29, 1.82) is 0 Å². The molecule has 0 N–H and O–H groups in total. The average Bonchev–Trinajstić information content (AvgIpc) is 3.05. The van der Waals surface area contributed by atoms with Gasteiger partial charge in [0.05, 0.1) is 16.0 Å². The molecule has 4 rings (SSSR count). The second kappa shape index (κ2) is 7.66. The van der Waals surface area contributed by atoms with Crippen molar-refractivity contribution in [1.82, 2.24) is 9.55 Å². The van der Waals surface area contributed by atoms with E-state index >= 15 is 0 Å². The van der Waals surface area contributed by atoms with Crippen molar-refractivity contribution in [3.05, 3.63) is 105 Å². The van der Waals surface area contributed by atoms with Crippen LogP contribution < -0.4 is 0 Å². The van der Waals surface area contributed by atoms with E-state index in [-0.39, 0.29) is 10.7 Å². The van der Waals surface area contributed by atoms with Gasteiger partial charge < -0.3 is 4.57 Å². The van der Waals surface area contributed by atoms with Crippen molar-refractivity contribution >= 4 is 40.5 Å². The first-order valence-electron chi connectivity index (χ1n) is 8.73. The topological polar surface area (TPSA) is 61.0 Å². The van der Waals surface area contributed by atoms with Crippen LogP contribution in [0.5, 0.6) is 0 Å². The molecule has 0 aliphatic rings. The van der Waals surface area contributed by atoms with E-state index in [1.54, 1.807) is 18.2 Å². The molecule has 0 spiro atoms. The molecule has 0 aliphatic heterocycles. The largest absolute Gasteiger partial charge is 0.320 e. The quantitative estimate of drug-likeness (QED) is 0.319. The molecule has 1 heterocycles. The van der Waals surface area contributed by atoms with E-state index in [1.807, 2.05) is 48.5 Å². The number of fused-ring (bicyclic) bond motifs is 1. The van der Waals surface area contributed by atoms with Crippen molar-refractivity contribution in [2.24, 2.45) is 0 Å². The molecule has 138 valence electrons. The Bertz CT molecular complexity index is 1180. The van der Waals surface area contributed by atoms with Crippen LogP contribution >= 0.6 is 11.6 Å². The molecule has 0 saturated carbocycles. The average molecular weight is 390 g/mol. The van der Waals surface area contributed by atoms with Crippen LogP contribution in [-0.2, 0) is 6.54 Å². The molecule has 0 saturated heterocycles. The zero-order valence-electron chi connectivity index (χ0n) is 14.8. The predicted molar refractivity (Wildman–Crippen MR) is 112 cm³/mol. The van der Waals surface area contributed by atoms with E-state index in [0.29, 0.717) is 12.1 Å². The normalized spacial score (nSPS) is 11.3. The molecular formula is C22H16ClN3O2. The number of rotatable bonds is 5. The van der Waals surface area contributed by atoms with Crippen molar-refractivity contribution in [2.45, 2.75) is 6.54 Å². The monoisotopic (exact) mass is 389 g/mol. The standard InChI is InChI=1S/C22H16ClN3O2/c23-22-17(9-6-12-20(22)26(27)28)13-14-21-24-18-10-4-5-11-19(18)25(21)15-16-7-2-1-3-8-16/h1-14H,15H2. The van der Waals surface area contributed by atoms with Crippen molar-refractivity contribution in [2.75, 3.05) is 0 Å². The number of hydrogen-bond donors (Lipinski definition) is 0. The highest BCUT2D eigenvalue weighted by molar-refractivity contribution is 6.34. The number of hydrogen-bond acceptors (Lipinski definition) is 3. The number of nitrogens with zero attached hydrogens (tertiary/aromatic N) is 3. The first-order chi connectivity index (χ1) is 13.6. The number of imidazole rings is 1. The molecule has 0 aliphatic carbocycles. The Morgan fingerprint density at radius 2 is 1.71 bits per heavy atom. The van der Waals surface area contributed by atoms with Gasteiger partial charge in [0.1, 0.15) is 10.8 Å². The van der Waals surface area contributed by atoms with Gasteiger partial charge in [0.2, 0.25) is 0 Å². The summed E-state index contributed by atoms with van der Waals surface area (Å²) in [6.45, 7) is 0.670. The summed E-state index contributed by atoms with van der Waals surface area (Å²) in [5.41, 5.74) is 3.55. The van der Waals surface area contributed by atoms with Crippen LogP contribution in [0.15, 0.2) is 72.8 Å². The van der Waals surface area contributed by atoms with Crippen molar-refractivity contribution in [3.8, 4) is 0 Å².